The van der Waals surface area contributed by atoms with Crippen LogP contribution in [0.1, 0.15) is 22.3 Å². The number of benzene rings is 2. The zero-order chi connectivity index (χ0) is 18.5. The van der Waals surface area contributed by atoms with Crippen molar-refractivity contribution in [2.75, 3.05) is 0 Å². The third-order valence-electron chi connectivity index (χ3n) is 3.60. The first-order valence-corrected chi connectivity index (χ1v) is 7.90. The molecular formula is C16H17F3NO3S-. The standard InChI is InChI=1S/C16H15F3O.H3NO2S/c1-11-7-6-10-14(12(11)2)15(20,16(17,18)19)13-8-4-3-5-9-13;1-4(2)3/h3-10,20H,1-2H3;1H2,(H,2,3)/p-1. The van der Waals surface area contributed by atoms with Crippen molar-refractivity contribution < 1.29 is 27.0 Å². The first kappa shape index (κ1) is 20.3. The van der Waals surface area contributed by atoms with Gasteiger partial charge in [-0.15, -0.1) is 0 Å². The zero-order valence-corrected chi connectivity index (χ0v) is 13.8. The van der Waals surface area contributed by atoms with Gasteiger partial charge in [0.15, 0.2) is 0 Å². The molecule has 0 heterocycles. The Balaban J connectivity index is 0.000000648. The summed E-state index contributed by atoms with van der Waals surface area (Å²) in [4.78, 5) is 0. The monoisotopic (exact) mass is 360 g/mol. The summed E-state index contributed by atoms with van der Waals surface area (Å²) in [5, 5.41) is 14.5. The minimum atomic E-state index is -4.80. The van der Waals surface area contributed by atoms with E-state index in [-0.39, 0.29) is 11.1 Å². The fourth-order valence-electron chi connectivity index (χ4n) is 2.29. The van der Waals surface area contributed by atoms with E-state index in [2.05, 4.69) is 5.14 Å². The molecule has 2 aromatic rings. The summed E-state index contributed by atoms with van der Waals surface area (Å²) in [6.45, 7) is 3.31. The van der Waals surface area contributed by atoms with Gasteiger partial charge in [0, 0.05) is 16.8 Å². The third kappa shape index (κ3) is 4.41. The summed E-state index contributed by atoms with van der Waals surface area (Å²) < 4.78 is 58.2. The predicted molar refractivity (Wildman–Crippen MR) is 84.5 cm³/mol. The summed E-state index contributed by atoms with van der Waals surface area (Å²) in [5.41, 5.74) is -2.15. The van der Waals surface area contributed by atoms with Gasteiger partial charge in [0.25, 0.3) is 0 Å². The number of aliphatic hydroxyl groups is 1. The fraction of sp³-hybridized carbons (Fsp3) is 0.250. The molecule has 8 heteroatoms. The molecule has 0 aliphatic heterocycles. The molecule has 0 saturated heterocycles. The van der Waals surface area contributed by atoms with Crippen LogP contribution in [0.2, 0.25) is 0 Å². The molecular weight excluding hydrogens is 343 g/mol. The highest BCUT2D eigenvalue weighted by Gasteiger charge is 2.56. The van der Waals surface area contributed by atoms with E-state index in [1.54, 1.807) is 26.0 Å². The van der Waals surface area contributed by atoms with Gasteiger partial charge in [0.1, 0.15) is 0 Å². The molecule has 0 bridgehead atoms. The number of hydrogen-bond donors (Lipinski definition) is 2. The lowest BCUT2D eigenvalue weighted by molar-refractivity contribution is -0.248. The largest absolute Gasteiger partial charge is 0.760 e. The molecule has 0 spiro atoms. The Labute approximate surface area is 140 Å². The summed E-state index contributed by atoms with van der Waals surface area (Å²) >= 11 is -2.36. The van der Waals surface area contributed by atoms with Crippen LogP contribution in [0.4, 0.5) is 13.2 Å². The molecule has 2 atom stereocenters. The number of nitrogens with two attached hydrogens (primary N) is 1. The summed E-state index contributed by atoms with van der Waals surface area (Å²) in [7, 11) is 0. The minimum absolute atomic E-state index is 0.129. The Morgan fingerprint density at radius 3 is 2.00 bits per heavy atom. The van der Waals surface area contributed by atoms with Crippen molar-refractivity contribution in [1.29, 1.82) is 0 Å². The Hall–Kier alpha value is -1.74. The summed E-state index contributed by atoms with van der Waals surface area (Å²) in [6.07, 6.45) is -4.80. The fourth-order valence-corrected chi connectivity index (χ4v) is 2.29. The first-order chi connectivity index (χ1) is 11.0. The summed E-state index contributed by atoms with van der Waals surface area (Å²) in [6, 6.07) is 11.7. The van der Waals surface area contributed by atoms with E-state index in [1.165, 1.54) is 36.4 Å². The number of alkyl halides is 3. The predicted octanol–water partition coefficient (Wildman–Crippen LogP) is 2.84. The molecule has 0 aliphatic rings. The topological polar surface area (TPSA) is 86.4 Å². The molecule has 0 aromatic heterocycles. The van der Waals surface area contributed by atoms with Crippen LogP contribution < -0.4 is 5.14 Å². The molecule has 0 radical (unpaired) electrons. The average molecular weight is 360 g/mol. The molecule has 132 valence electrons. The van der Waals surface area contributed by atoms with E-state index in [1.807, 2.05) is 0 Å². The molecule has 2 rings (SSSR count). The highest BCUT2D eigenvalue weighted by molar-refractivity contribution is 7.76. The molecule has 24 heavy (non-hydrogen) atoms. The van der Waals surface area contributed by atoms with Gasteiger partial charge in [-0.05, 0) is 30.5 Å². The van der Waals surface area contributed by atoms with Crippen molar-refractivity contribution >= 4 is 11.3 Å². The molecule has 3 N–H and O–H groups in total. The van der Waals surface area contributed by atoms with Gasteiger partial charge in [0.05, 0.1) is 0 Å². The van der Waals surface area contributed by atoms with Crippen LogP contribution >= 0.6 is 0 Å². The Morgan fingerprint density at radius 1 is 1.04 bits per heavy atom. The zero-order valence-electron chi connectivity index (χ0n) is 13.0. The minimum Gasteiger partial charge on any atom is -0.760 e. The van der Waals surface area contributed by atoms with Crippen LogP contribution in [0.25, 0.3) is 0 Å². The van der Waals surface area contributed by atoms with Crippen molar-refractivity contribution in [2.45, 2.75) is 25.6 Å². The maximum absolute atomic E-state index is 13.5. The Bertz CT molecular complexity index is 703. The van der Waals surface area contributed by atoms with E-state index in [0.717, 1.165) is 0 Å². The smallest absolute Gasteiger partial charge is 0.425 e. The highest BCUT2D eigenvalue weighted by Crippen LogP contribution is 2.45. The van der Waals surface area contributed by atoms with E-state index in [4.69, 9.17) is 8.76 Å². The van der Waals surface area contributed by atoms with Crippen molar-refractivity contribution in [2.24, 2.45) is 5.14 Å². The second-order valence-electron chi connectivity index (χ2n) is 5.08. The number of hydrogen-bond acceptors (Lipinski definition) is 3. The van der Waals surface area contributed by atoms with Crippen molar-refractivity contribution in [3.63, 3.8) is 0 Å². The quantitative estimate of drug-likeness (QED) is 0.808. The lowest BCUT2D eigenvalue weighted by Gasteiger charge is -2.33. The Morgan fingerprint density at radius 2 is 1.54 bits per heavy atom. The third-order valence-corrected chi connectivity index (χ3v) is 3.60. The van der Waals surface area contributed by atoms with Crippen LogP contribution in [0.15, 0.2) is 48.5 Å². The lowest BCUT2D eigenvalue weighted by Crippen LogP contribution is -2.44. The summed E-state index contributed by atoms with van der Waals surface area (Å²) in [5.74, 6) is 0. The first-order valence-electron chi connectivity index (χ1n) is 6.76. The number of halogens is 3. The molecule has 2 unspecified atom stereocenters. The molecule has 2 aromatic carbocycles. The maximum atomic E-state index is 13.5. The number of aryl methyl sites for hydroxylation is 1. The van der Waals surface area contributed by atoms with Crippen LogP contribution in [0.3, 0.4) is 0 Å². The lowest BCUT2D eigenvalue weighted by atomic mass is 9.82. The van der Waals surface area contributed by atoms with E-state index in [9.17, 15) is 18.3 Å². The van der Waals surface area contributed by atoms with E-state index >= 15 is 0 Å². The van der Waals surface area contributed by atoms with Crippen LogP contribution in [0.5, 0.6) is 0 Å². The second-order valence-corrected chi connectivity index (χ2v) is 5.60. The van der Waals surface area contributed by atoms with Crippen LogP contribution in [0, 0.1) is 13.8 Å². The van der Waals surface area contributed by atoms with Crippen molar-refractivity contribution in [3.05, 3.63) is 70.8 Å². The van der Waals surface area contributed by atoms with E-state index in [0.29, 0.717) is 11.1 Å². The molecule has 0 amide bonds. The van der Waals surface area contributed by atoms with Gasteiger partial charge in [-0.2, -0.15) is 13.2 Å². The van der Waals surface area contributed by atoms with Gasteiger partial charge in [-0.25, -0.2) is 0 Å². The maximum Gasteiger partial charge on any atom is 0.425 e. The molecule has 4 nitrogen and oxygen atoms in total. The normalized spacial score (nSPS) is 15.0. The molecule has 0 saturated carbocycles. The second kappa shape index (κ2) is 7.89. The van der Waals surface area contributed by atoms with E-state index < -0.39 is 23.0 Å². The van der Waals surface area contributed by atoms with Gasteiger partial charge < -0.3 is 9.66 Å². The van der Waals surface area contributed by atoms with Crippen molar-refractivity contribution in [3.8, 4) is 0 Å². The van der Waals surface area contributed by atoms with Gasteiger partial charge in [-0.3, -0.25) is 9.35 Å². The molecule has 0 aliphatic carbocycles. The van der Waals surface area contributed by atoms with Gasteiger partial charge in [0.2, 0.25) is 5.60 Å². The number of rotatable bonds is 2. The van der Waals surface area contributed by atoms with Crippen molar-refractivity contribution in [1.82, 2.24) is 0 Å². The average Bonchev–Trinajstić information content (AvgIpc) is 2.48. The SMILES string of the molecule is Cc1cccc(C(O)(c2ccccc2)C(F)(F)F)c1C.NS(=O)[O-]. The molecule has 0 fully saturated rings. The van der Waals surface area contributed by atoms with Gasteiger partial charge >= 0.3 is 6.18 Å². The van der Waals surface area contributed by atoms with Gasteiger partial charge in [-0.1, -0.05) is 48.5 Å². The van der Waals surface area contributed by atoms with Crippen LogP contribution in [-0.2, 0) is 16.9 Å². The van der Waals surface area contributed by atoms with Crippen LogP contribution in [-0.4, -0.2) is 20.0 Å². The Kier molecular flexibility index (Phi) is 6.67. The highest BCUT2D eigenvalue weighted by atomic mass is 32.2.